The number of ether oxygens (including phenoxy) is 1. The smallest absolute Gasteiger partial charge is 0.123 e. The summed E-state index contributed by atoms with van der Waals surface area (Å²) in [5.41, 5.74) is 6.72. The topological polar surface area (TPSA) is 55.5 Å². The second-order valence-electron chi connectivity index (χ2n) is 4.75. The molecule has 3 nitrogen and oxygen atoms in total. The zero-order valence-corrected chi connectivity index (χ0v) is 11.6. The Morgan fingerprint density at radius 1 is 1.50 bits per heavy atom. The highest BCUT2D eigenvalue weighted by atomic mass is 32.2. The first-order valence-electron chi connectivity index (χ1n) is 6.34. The SMILES string of the molecule is CSCCC(O)C1(CN)CCOc2ccccc21. The number of para-hydroxylation sites is 1. The van der Waals surface area contributed by atoms with E-state index in [0.29, 0.717) is 13.2 Å². The molecular weight excluding hydrogens is 246 g/mol. The van der Waals surface area contributed by atoms with Crippen LogP contribution in [0.4, 0.5) is 0 Å². The molecule has 1 aliphatic heterocycles. The van der Waals surface area contributed by atoms with Crippen molar-refractivity contribution in [3.05, 3.63) is 29.8 Å². The summed E-state index contributed by atoms with van der Waals surface area (Å²) >= 11 is 1.75. The summed E-state index contributed by atoms with van der Waals surface area (Å²) in [6.45, 7) is 1.09. The minimum atomic E-state index is -0.403. The van der Waals surface area contributed by atoms with E-state index in [9.17, 15) is 5.11 Å². The van der Waals surface area contributed by atoms with Gasteiger partial charge in [0.1, 0.15) is 5.75 Å². The number of thioether (sulfide) groups is 1. The predicted molar refractivity (Wildman–Crippen MR) is 76.3 cm³/mol. The van der Waals surface area contributed by atoms with Gasteiger partial charge in [-0.1, -0.05) is 18.2 Å². The van der Waals surface area contributed by atoms with Crippen LogP contribution < -0.4 is 10.5 Å². The molecule has 1 aliphatic rings. The van der Waals surface area contributed by atoms with E-state index in [2.05, 4.69) is 6.26 Å². The van der Waals surface area contributed by atoms with Crippen LogP contribution in [0.1, 0.15) is 18.4 Å². The lowest BCUT2D eigenvalue weighted by atomic mass is 9.71. The first kappa shape index (κ1) is 13.7. The molecule has 100 valence electrons. The third kappa shape index (κ3) is 2.37. The molecule has 2 unspecified atom stereocenters. The summed E-state index contributed by atoms with van der Waals surface area (Å²) in [6, 6.07) is 7.93. The average Bonchev–Trinajstić information content (AvgIpc) is 2.44. The number of fused-ring (bicyclic) bond motifs is 1. The molecule has 0 spiro atoms. The van der Waals surface area contributed by atoms with Crippen molar-refractivity contribution < 1.29 is 9.84 Å². The quantitative estimate of drug-likeness (QED) is 0.854. The molecule has 0 saturated carbocycles. The van der Waals surface area contributed by atoms with Crippen molar-refractivity contribution in [3.8, 4) is 5.75 Å². The van der Waals surface area contributed by atoms with E-state index in [0.717, 1.165) is 29.9 Å². The Morgan fingerprint density at radius 2 is 2.28 bits per heavy atom. The molecule has 2 atom stereocenters. The minimum absolute atomic E-state index is 0.343. The molecule has 0 aromatic heterocycles. The van der Waals surface area contributed by atoms with E-state index < -0.39 is 6.10 Å². The Hall–Kier alpha value is -0.710. The number of aliphatic hydroxyl groups excluding tert-OH is 1. The summed E-state index contributed by atoms with van der Waals surface area (Å²) < 4.78 is 5.66. The van der Waals surface area contributed by atoms with Crippen LogP contribution in [-0.2, 0) is 5.41 Å². The van der Waals surface area contributed by atoms with Crippen LogP contribution in [0.5, 0.6) is 5.75 Å². The standard InChI is InChI=1S/C14H21NO2S/c1-18-9-6-13(16)14(10-15)7-8-17-12-5-3-2-4-11(12)14/h2-5,13,16H,6-10,15H2,1H3. The number of aliphatic hydroxyl groups is 1. The van der Waals surface area contributed by atoms with Crippen LogP contribution in [0, 0.1) is 0 Å². The largest absolute Gasteiger partial charge is 0.493 e. The zero-order chi connectivity index (χ0) is 13.0. The van der Waals surface area contributed by atoms with Crippen molar-refractivity contribution in [3.63, 3.8) is 0 Å². The summed E-state index contributed by atoms with van der Waals surface area (Å²) in [4.78, 5) is 0. The summed E-state index contributed by atoms with van der Waals surface area (Å²) in [6.07, 6.45) is 3.21. The van der Waals surface area contributed by atoms with Gasteiger partial charge in [-0.3, -0.25) is 0 Å². The van der Waals surface area contributed by atoms with Gasteiger partial charge >= 0.3 is 0 Å². The molecule has 4 heteroatoms. The second kappa shape index (κ2) is 5.95. The number of hydrogen-bond acceptors (Lipinski definition) is 4. The van der Waals surface area contributed by atoms with Gasteiger partial charge in [0.15, 0.2) is 0 Å². The van der Waals surface area contributed by atoms with E-state index in [-0.39, 0.29) is 5.41 Å². The number of hydrogen-bond donors (Lipinski definition) is 2. The monoisotopic (exact) mass is 267 g/mol. The molecule has 1 aromatic carbocycles. The molecule has 3 N–H and O–H groups in total. The molecule has 0 saturated heterocycles. The summed E-state index contributed by atoms with van der Waals surface area (Å²) in [5.74, 6) is 1.82. The molecule has 18 heavy (non-hydrogen) atoms. The summed E-state index contributed by atoms with van der Waals surface area (Å²) in [7, 11) is 0. The molecule has 0 radical (unpaired) electrons. The van der Waals surface area contributed by atoms with Gasteiger partial charge in [0.2, 0.25) is 0 Å². The molecule has 0 aliphatic carbocycles. The maximum atomic E-state index is 10.6. The lowest BCUT2D eigenvalue weighted by Crippen LogP contribution is -2.49. The number of nitrogens with two attached hydrogens (primary N) is 1. The number of rotatable bonds is 5. The van der Waals surface area contributed by atoms with Gasteiger partial charge in [-0.25, -0.2) is 0 Å². The molecular formula is C14H21NO2S. The van der Waals surface area contributed by atoms with E-state index in [4.69, 9.17) is 10.5 Å². The highest BCUT2D eigenvalue weighted by molar-refractivity contribution is 7.98. The Balaban J connectivity index is 2.32. The third-order valence-corrected chi connectivity index (χ3v) is 4.47. The van der Waals surface area contributed by atoms with Crippen molar-refractivity contribution in [2.45, 2.75) is 24.4 Å². The predicted octanol–water partition coefficient (Wildman–Crippen LogP) is 1.78. The van der Waals surface area contributed by atoms with Crippen molar-refractivity contribution in [1.29, 1.82) is 0 Å². The summed E-state index contributed by atoms with van der Waals surface area (Å²) in [5, 5.41) is 10.6. The van der Waals surface area contributed by atoms with E-state index in [1.807, 2.05) is 24.3 Å². The Kier molecular flexibility index (Phi) is 4.54. The molecule has 0 bridgehead atoms. The van der Waals surface area contributed by atoms with Gasteiger partial charge in [-0.05, 0) is 30.9 Å². The molecule has 0 fully saturated rings. The lowest BCUT2D eigenvalue weighted by molar-refractivity contribution is 0.0524. The average molecular weight is 267 g/mol. The lowest BCUT2D eigenvalue weighted by Gasteiger charge is -2.41. The normalized spacial score (nSPS) is 24.2. The molecule has 1 heterocycles. The van der Waals surface area contributed by atoms with Crippen molar-refractivity contribution >= 4 is 11.8 Å². The second-order valence-corrected chi connectivity index (χ2v) is 5.74. The highest BCUT2D eigenvalue weighted by Gasteiger charge is 2.42. The van der Waals surface area contributed by atoms with Gasteiger partial charge in [-0.2, -0.15) is 11.8 Å². The first-order chi connectivity index (χ1) is 8.74. The zero-order valence-electron chi connectivity index (χ0n) is 10.8. The van der Waals surface area contributed by atoms with Crippen LogP contribution in [0.3, 0.4) is 0 Å². The van der Waals surface area contributed by atoms with E-state index in [1.54, 1.807) is 11.8 Å². The first-order valence-corrected chi connectivity index (χ1v) is 7.73. The van der Waals surface area contributed by atoms with Crippen LogP contribution >= 0.6 is 11.8 Å². The van der Waals surface area contributed by atoms with Gasteiger partial charge in [0, 0.05) is 17.5 Å². The maximum Gasteiger partial charge on any atom is 0.123 e. The molecule has 2 rings (SSSR count). The van der Waals surface area contributed by atoms with E-state index in [1.165, 1.54) is 0 Å². The maximum absolute atomic E-state index is 10.6. The van der Waals surface area contributed by atoms with Crippen molar-refractivity contribution in [2.75, 3.05) is 25.2 Å². The van der Waals surface area contributed by atoms with Crippen molar-refractivity contribution in [2.24, 2.45) is 5.73 Å². The van der Waals surface area contributed by atoms with Crippen LogP contribution in [0.25, 0.3) is 0 Å². The highest BCUT2D eigenvalue weighted by Crippen LogP contribution is 2.41. The fraction of sp³-hybridized carbons (Fsp3) is 0.571. The number of benzene rings is 1. The van der Waals surface area contributed by atoms with Gasteiger partial charge in [0.25, 0.3) is 0 Å². The fourth-order valence-corrected chi connectivity index (χ4v) is 3.14. The third-order valence-electron chi connectivity index (χ3n) is 3.83. The Labute approximate surface area is 113 Å². The van der Waals surface area contributed by atoms with E-state index >= 15 is 0 Å². The molecule has 1 aromatic rings. The van der Waals surface area contributed by atoms with Gasteiger partial charge in [0.05, 0.1) is 12.7 Å². The van der Waals surface area contributed by atoms with Crippen LogP contribution in [0.15, 0.2) is 24.3 Å². The van der Waals surface area contributed by atoms with Gasteiger partial charge in [-0.15, -0.1) is 0 Å². The van der Waals surface area contributed by atoms with Crippen LogP contribution in [-0.4, -0.2) is 36.4 Å². The van der Waals surface area contributed by atoms with Crippen LogP contribution in [0.2, 0.25) is 0 Å². The fourth-order valence-electron chi connectivity index (χ4n) is 2.68. The minimum Gasteiger partial charge on any atom is -0.493 e. The van der Waals surface area contributed by atoms with Gasteiger partial charge < -0.3 is 15.6 Å². The molecule has 0 amide bonds. The van der Waals surface area contributed by atoms with Crippen molar-refractivity contribution in [1.82, 2.24) is 0 Å². The Bertz CT molecular complexity index is 399. The Morgan fingerprint density at radius 3 is 3.00 bits per heavy atom.